The number of rotatable bonds is 6. The van der Waals surface area contributed by atoms with Gasteiger partial charge in [0, 0.05) is 24.0 Å². The summed E-state index contributed by atoms with van der Waals surface area (Å²) in [7, 11) is -3.89. The Kier molecular flexibility index (Phi) is 5.81. The second-order valence-electron chi connectivity index (χ2n) is 5.39. The predicted octanol–water partition coefficient (Wildman–Crippen LogP) is 2.69. The summed E-state index contributed by atoms with van der Waals surface area (Å²) >= 11 is 0. The van der Waals surface area contributed by atoms with Crippen molar-refractivity contribution in [1.82, 2.24) is 9.71 Å². The number of nitrogens with zero attached hydrogens (tertiary/aromatic N) is 1. The molecule has 1 heterocycles. The molecule has 0 saturated carbocycles. The maximum absolute atomic E-state index is 14.0. The molecule has 2 aromatic rings. The van der Waals surface area contributed by atoms with Crippen LogP contribution in [0, 0.1) is 11.8 Å². The van der Waals surface area contributed by atoms with Crippen molar-refractivity contribution in [2.75, 3.05) is 5.32 Å². The van der Waals surface area contributed by atoms with E-state index in [1.807, 2.05) is 6.92 Å². The fraction of sp³-hybridized carbons (Fsp3) is 0.250. The van der Waals surface area contributed by atoms with E-state index in [-0.39, 0.29) is 16.6 Å². The van der Waals surface area contributed by atoms with E-state index in [9.17, 15) is 22.0 Å². The van der Waals surface area contributed by atoms with Crippen molar-refractivity contribution in [3.8, 4) is 0 Å². The summed E-state index contributed by atoms with van der Waals surface area (Å²) in [6.45, 7) is 3.50. The lowest BCUT2D eigenvalue weighted by Gasteiger charge is -2.13. The highest BCUT2D eigenvalue weighted by molar-refractivity contribution is 7.89. The van der Waals surface area contributed by atoms with Gasteiger partial charge in [-0.15, -0.1) is 0 Å². The monoisotopic (exact) mass is 369 g/mol. The maximum atomic E-state index is 14.0. The maximum Gasteiger partial charge on any atom is 0.258 e. The number of carbonyl (C=O) groups excluding carboxylic acids is 1. The average Bonchev–Trinajstić information content (AvgIpc) is 2.54. The lowest BCUT2D eigenvalue weighted by atomic mass is 10.2. The Bertz CT molecular complexity index is 888. The SMILES string of the molecule is CC[C@@H](C)NS(=O)(=O)c1ccc(F)c(C(=O)Nc2ccnc(F)c2)c1. The second-order valence-corrected chi connectivity index (χ2v) is 7.11. The fourth-order valence-electron chi connectivity index (χ4n) is 1.94. The molecule has 6 nitrogen and oxygen atoms in total. The van der Waals surface area contributed by atoms with Gasteiger partial charge in [0.2, 0.25) is 16.0 Å². The van der Waals surface area contributed by atoms with Crippen LogP contribution in [0.1, 0.15) is 30.6 Å². The van der Waals surface area contributed by atoms with Gasteiger partial charge in [-0.2, -0.15) is 4.39 Å². The van der Waals surface area contributed by atoms with E-state index < -0.39 is 33.3 Å². The molecular weight excluding hydrogens is 352 g/mol. The van der Waals surface area contributed by atoms with E-state index in [1.165, 1.54) is 6.07 Å². The highest BCUT2D eigenvalue weighted by Crippen LogP contribution is 2.18. The topological polar surface area (TPSA) is 88.2 Å². The molecule has 134 valence electrons. The summed E-state index contributed by atoms with van der Waals surface area (Å²) in [6.07, 6.45) is 1.71. The molecule has 0 aliphatic heterocycles. The molecule has 0 aliphatic rings. The number of sulfonamides is 1. The third-order valence-corrected chi connectivity index (χ3v) is 5.03. The number of halogens is 2. The molecule has 2 rings (SSSR count). The molecule has 2 N–H and O–H groups in total. The number of aromatic nitrogens is 1. The summed E-state index contributed by atoms with van der Waals surface area (Å²) in [5.74, 6) is -2.61. The molecule has 9 heteroatoms. The van der Waals surface area contributed by atoms with Crippen LogP contribution in [0.3, 0.4) is 0 Å². The zero-order chi connectivity index (χ0) is 18.6. The molecule has 1 aromatic heterocycles. The quantitative estimate of drug-likeness (QED) is 0.767. The molecule has 0 aliphatic carbocycles. The number of anilines is 1. The van der Waals surface area contributed by atoms with E-state index >= 15 is 0 Å². The van der Waals surface area contributed by atoms with Crippen molar-refractivity contribution in [2.45, 2.75) is 31.2 Å². The smallest absolute Gasteiger partial charge is 0.258 e. The lowest BCUT2D eigenvalue weighted by Crippen LogP contribution is -2.32. The van der Waals surface area contributed by atoms with E-state index in [0.717, 1.165) is 30.5 Å². The van der Waals surface area contributed by atoms with E-state index in [1.54, 1.807) is 6.92 Å². The predicted molar refractivity (Wildman–Crippen MR) is 88.6 cm³/mol. The van der Waals surface area contributed by atoms with Gasteiger partial charge in [0.05, 0.1) is 10.5 Å². The summed E-state index contributed by atoms with van der Waals surface area (Å²) < 4.78 is 54.0. The molecule has 0 fully saturated rings. The van der Waals surface area contributed by atoms with Crippen LogP contribution in [-0.4, -0.2) is 25.4 Å². The fourth-order valence-corrected chi connectivity index (χ4v) is 3.29. The molecule has 0 spiro atoms. The number of nitrogens with one attached hydrogen (secondary N) is 2. The number of benzene rings is 1. The average molecular weight is 369 g/mol. The molecule has 25 heavy (non-hydrogen) atoms. The second kappa shape index (κ2) is 7.66. The normalized spacial score (nSPS) is 12.6. The molecule has 0 saturated heterocycles. The Morgan fingerprint density at radius 1 is 1.24 bits per heavy atom. The number of amides is 1. The van der Waals surface area contributed by atoms with Crippen LogP contribution in [0.5, 0.6) is 0 Å². The Morgan fingerprint density at radius 3 is 2.60 bits per heavy atom. The first-order valence-corrected chi connectivity index (χ1v) is 8.96. The first kappa shape index (κ1) is 18.9. The highest BCUT2D eigenvalue weighted by Gasteiger charge is 2.21. The van der Waals surface area contributed by atoms with Crippen LogP contribution < -0.4 is 10.0 Å². The highest BCUT2D eigenvalue weighted by atomic mass is 32.2. The first-order valence-electron chi connectivity index (χ1n) is 7.47. The van der Waals surface area contributed by atoms with E-state index in [0.29, 0.717) is 6.42 Å². The number of pyridine rings is 1. The van der Waals surface area contributed by atoms with Crippen LogP contribution in [-0.2, 0) is 10.0 Å². The first-order chi connectivity index (χ1) is 11.7. The van der Waals surface area contributed by atoms with Gasteiger partial charge in [0.15, 0.2) is 0 Å². The standard InChI is InChI=1S/C16H17F2N3O3S/c1-3-10(2)21-25(23,24)12-4-5-14(17)13(9-12)16(22)20-11-6-7-19-15(18)8-11/h4-10,21H,3H2,1-2H3,(H,19,20,22)/t10-/m1/s1. The lowest BCUT2D eigenvalue weighted by molar-refractivity contribution is 0.102. The molecule has 1 aromatic carbocycles. The molecular formula is C16H17F2N3O3S. The van der Waals surface area contributed by atoms with Gasteiger partial charge >= 0.3 is 0 Å². The van der Waals surface area contributed by atoms with Gasteiger partial charge in [-0.3, -0.25) is 4.79 Å². The minimum atomic E-state index is -3.89. The number of hydrogen-bond donors (Lipinski definition) is 2. The number of hydrogen-bond acceptors (Lipinski definition) is 4. The van der Waals surface area contributed by atoms with Gasteiger partial charge in [0.25, 0.3) is 5.91 Å². The van der Waals surface area contributed by atoms with Gasteiger partial charge in [-0.05, 0) is 37.6 Å². The Balaban J connectivity index is 2.31. The number of carbonyl (C=O) groups is 1. The zero-order valence-electron chi connectivity index (χ0n) is 13.6. The minimum Gasteiger partial charge on any atom is -0.322 e. The van der Waals surface area contributed by atoms with Crippen molar-refractivity contribution < 1.29 is 22.0 Å². The molecule has 1 atom stereocenters. The zero-order valence-corrected chi connectivity index (χ0v) is 14.4. The van der Waals surface area contributed by atoms with Crippen molar-refractivity contribution in [2.24, 2.45) is 0 Å². The van der Waals surface area contributed by atoms with Gasteiger partial charge in [0.1, 0.15) is 5.82 Å². The summed E-state index contributed by atoms with van der Waals surface area (Å²) in [6, 6.07) is 4.88. The van der Waals surface area contributed by atoms with Gasteiger partial charge < -0.3 is 5.32 Å². The van der Waals surface area contributed by atoms with Crippen molar-refractivity contribution >= 4 is 21.6 Å². The van der Waals surface area contributed by atoms with Crippen molar-refractivity contribution in [1.29, 1.82) is 0 Å². The van der Waals surface area contributed by atoms with Gasteiger partial charge in [-0.1, -0.05) is 6.92 Å². The van der Waals surface area contributed by atoms with Crippen LogP contribution in [0.15, 0.2) is 41.4 Å². The molecule has 0 bridgehead atoms. The third kappa shape index (κ3) is 4.80. The van der Waals surface area contributed by atoms with Crippen LogP contribution >= 0.6 is 0 Å². The summed E-state index contributed by atoms with van der Waals surface area (Å²) in [5, 5.41) is 2.30. The Hall–Kier alpha value is -2.39. The summed E-state index contributed by atoms with van der Waals surface area (Å²) in [5.41, 5.74) is -0.396. The minimum absolute atomic E-state index is 0.0721. The largest absolute Gasteiger partial charge is 0.322 e. The molecule has 0 radical (unpaired) electrons. The van der Waals surface area contributed by atoms with Gasteiger partial charge in [-0.25, -0.2) is 22.5 Å². The van der Waals surface area contributed by atoms with Crippen molar-refractivity contribution in [3.05, 3.63) is 53.9 Å². The van der Waals surface area contributed by atoms with Crippen LogP contribution in [0.4, 0.5) is 14.5 Å². The Labute approximate surface area is 144 Å². The summed E-state index contributed by atoms with van der Waals surface area (Å²) in [4.78, 5) is 15.3. The third-order valence-electron chi connectivity index (χ3n) is 3.45. The Morgan fingerprint density at radius 2 is 1.96 bits per heavy atom. The molecule has 0 unspecified atom stereocenters. The molecule has 1 amide bonds. The van der Waals surface area contributed by atoms with Crippen molar-refractivity contribution in [3.63, 3.8) is 0 Å². The van der Waals surface area contributed by atoms with E-state index in [4.69, 9.17) is 0 Å². The van der Waals surface area contributed by atoms with E-state index in [2.05, 4.69) is 15.0 Å². The van der Waals surface area contributed by atoms with Crippen LogP contribution in [0.25, 0.3) is 0 Å². The van der Waals surface area contributed by atoms with Crippen LogP contribution in [0.2, 0.25) is 0 Å².